The fourth-order valence-electron chi connectivity index (χ4n) is 4.32. The maximum Gasteiger partial charge on any atom is 0.312 e. The molecule has 1 aliphatic rings. The molecule has 0 fully saturated rings. The van der Waals surface area contributed by atoms with Crippen molar-refractivity contribution in [1.29, 1.82) is 0 Å². The van der Waals surface area contributed by atoms with Gasteiger partial charge in [0.05, 0.1) is 42.5 Å². The van der Waals surface area contributed by atoms with E-state index in [2.05, 4.69) is 0 Å². The van der Waals surface area contributed by atoms with Crippen LogP contribution in [0.1, 0.15) is 59.3 Å². The molecular weight excluding hydrogens is 532 g/mol. The molecule has 10 heteroatoms. The van der Waals surface area contributed by atoms with Crippen LogP contribution in [0.5, 0.6) is 0 Å². The molecule has 232 valence electrons. The SMILES string of the molecule is CC1C=CC=CC=CC=CC=CC(O)C(C(=O)O)C(O)CC(O)CCCC(O)CC(O)CC(O)C(C)C(=O)OC1C. The lowest BCUT2D eigenvalue weighted by Crippen LogP contribution is -2.39. The van der Waals surface area contributed by atoms with Crippen molar-refractivity contribution in [1.82, 2.24) is 0 Å². The van der Waals surface area contributed by atoms with E-state index in [1.807, 2.05) is 19.1 Å². The standard InChI is InChI=1S/C31H48O10/c1-20-13-10-8-6-4-5-7-9-11-16-26(35)29(30(38)39)28(37)18-24(33)15-12-14-23(32)17-25(34)19-27(36)21(2)31(40)41-22(20)3/h4-11,13,16,20-29,32-37H,12,14-15,17-19H2,1-3H3,(H,38,39). The number of ether oxygens (including phenoxy) is 1. The summed E-state index contributed by atoms with van der Waals surface area (Å²) in [6.45, 7) is 5.16. The number of carbonyl (C=O) groups is 2. The van der Waals surface area contributed by atoms with E-state index >= 15 is 0 Å². The number of hydrogen-bond donors (Lipinski definition) is 7. The summed E-state index contributed by atoms with van der Waals surface area (Å²) in [7, 11) is 0. The van der Waals surface area contributed by atoms with Crippen LogP contribution in [0.15, 0.2) is 60.8 Å². The van der Waals surface area contributed by atoms with Crippen molar-refractivity contribution in [2.45, 2.75) is 102 Å². The van der Waals surface area contributed by atoms with Crippen molar-refractivity contribution < 1.29 is 50.1 Å². The molecule has 0 aliphatic carbocycles. The van der Waals surface area contributed by atoms with Gasteiger partial charge in [0.15, 0.2) is 0 Å². The molecule has 0 saturated heterocycles. The number of aliphatic carboxylic acids is 1. The molecule has 1 rings (SSSR count). The summed E-state index contributed by atoms with van der Waals surface area (Å²) in [4.78, 5) is 24.2. The van der Waals surface area contributed by atoms with Gasteiger partial charge < -0.3 is 40.5 Å². The minimum absolute atomic E-state index is 0.0491. The highest BCUT2D eigenvalue weighted by atomic mass is 16.5. The van der Waals surface area contributed by atoms with Crippen LogP contribution in [-0.4, -0.2) is 90.4 Å². The van der Waals surface area contributed by atoms with Crippen molar-refractivity contribution in [3.05, 3.63) is 60.8 Å². The average Bonchev–Trinajstić information content (AvgIpc) is 2.87. The summed E-state index contributed by atoms with van der Waals surface area (Å²) in [6, 6.07) is 0. The number of cyclic esters (lactones) is 1. The summed E-state index contributed by atoms with van der Waals surface area (Å²) in [5.41, 5.74) is 0. The topological polar surface area (TPSA) is 185 Å². The van der Waals surface area contributed by atoms with Gasteiger partial charge in [0.1, 0.15) is 12.0 Å². The average molecular weight is 581 g/mol. The number of esters is 1. The minimum Gasteiger partial charge on any atom is -0.481 e. The van der Waals surface area contributed by atoms with Crippen LogP contribution >= 0.6 is 0 Å². The molecule has 0 aromatic carbocycles. The molecule has 1 aliphatic heterocycles. The first-order chi connectivity index (χ1) is 19.3. The van der Waals surface area contributed by atoms with Gasteiger partial charge in [-0.15, -0.1) is 0 Å². The number of allylic oxidation sites excluding steroid dienone is 8. The first-order valence-corrected chi connectivity index (χ1v) is 14.2. The van der Waals surface area contributed by atoms with E-state index in [4.69, 9.17) is 4.74 Å². The Labute approximate surface area is 242 Å². The van der Waals surface area contributed by atoms with Gasteiger partial charge in [0.2, 0.25) is 0 Å². The molecule has 1 heterocycles. The van der Waals surface area contributed by atoms with E-state index in [0.717, 1.165) is 0 Å². The zero-order valence-electron chi connectivity index (χ0n) is 24.1. The molecule has 10 unspecified atom stereocenters. The van der Waals surface area contributed by atoms with Crippen LogP contribution in [0.3, 0.4) is 0 Å². The van der Waals surface area contributed by atoms with Gasteiger partial charge in [-0.05, 0) is 39.5 Å². The van der Waals surface area contributed by atoms with Gasteiger partial charge in [0.25, 0.3) is 0 Å². The van der Waals surface area contributed by atoms with E-state index in [1.165, 1.54) is 19.1 Å². The quantitative estimate of drug-likeness (QED) is 0.227. The molecule has 41 heavy (non-hydrogen) atoms. The molecule has 10 nitrogen and oxygen atoms in total. The Balaban J connectivity index is 2.99. The Bertz CT molecular complexity index is 924. The Hall–Kier alpha value is -2.60. The van der Waals surface area contributed by atoms with E-state index < -0.39 is 66.5 Å². The minimum atomic E-state index is -1.54. The number of carboxylic acid groups (broad SMARTS) is 1. The normalized spacial score (nSPS) is 36.3. The van der Waals surface area contributed by atoms with Crippen LogP contribution in [0.4, 0.5) is 0 Å². The van der Waals surface area contributed by atoms with Crippen molar-refractivity contribution in [2.75, 3.05) is 0 Å². The molecule has 0 aromatic rings. The molecular formula is C31H48O10. The van der Waals surface area contributed by atoms with E-state index in [9.17, 15) is 45.3 Å². The van der Waals surface area contributed by atoms with Gasteiger partial charge >= 0.3 is 11.9 Å². The first-order valence-electron chi connectivity index (χ1n) is 14.2. The third-order valence-corrected chi connectivity index (χ3v) is 7.21. The number of aliphatic hydroxyl groups is 6. The number of carbonyl (C=O) groups excluding carboxylic acids is 1. The summed E-state index contributed by atoms with van der Waals surface area (Å²) < 4.78 is 5.50. The molecule has 0 bridgehead atoms. The van der Waals surface area contributed by atoms with Crippen LogP contribution in [-0.2, 0) is 14.3 Å². The lowest BCUT2D eigenvalue weighted by Gasteiger charge is -2.25. The smallest absolute Gasteiger partial charge is 0.312 e. The Morgan fingerprint density at radius 1 is 0.707 bits per heavy atom. The fraction of sp³-hybridized carbons (Fsp3) is 0.613. The van der Waals surface area contributed by atoms with Crippen molar-refractivity contribution >= 4 is 11.9 Å². The van der Waals surface area contributed by atoms with Crippen LogP contribution in [0.25, 0.3) is 0 Å². The highest BCUT2D eigenvalue weighted by molar-refractivity contribution is 5.73. The maximum absolute atomic E-state index is 12.5. The monoisotopic (exact) mass is 580 g/mol. The molecule has 0 spiro atoms. The van der Waals surface area contributed by atoms with E-state index in [0.29, 0.717) is 6.42 Å². The van der Waals surface area contributed by atoms with Crippen molar-refractivity contribution in [3.63, 3.8) is 0 Å². The molecule has 0 saturated carbocycles. The maximum atomic E-state index is 12.5. The summed E-state index contributed by atoms with van der Waals surface area (Å²) >= 11 is 0. The number of aliphatic hydroxyl groups excluding tert-OH is 6. The van der Waals surface area contributed by atoms with Gasteiger partial charge in [-0.3, -0.25) is 9.59 Å². The number of rotatable bonds is 1. The molecule has 0 amide bonds. The van der Waals surface area contributed by atoms with Crippen LogP contribution in [0, 0.1) is 17.8 Å². The second-order valence-electron chi connectivity index (χ2n) is 10.8. The van der Waals surface area contributed by atoms with Gasteiger partial charge in [-0.25, -0.2) is 0 Å². The Morgan fingerprint density at radius 3 is 1.76 bits per heavy atom. The predicted octanol–water partition coefficient (Wildman–Crippen LogP) is 2.19. The van der Waals surface area contributed by atoms with Gasteiger partial charge in [-0.2, -0.15) is 0 Å². The number of carboxylic acids is 1. The fourth-order valence-corrected chi connectivity index (χ4v) is 4.32. The largest absolute Gasteiger partial charge is 0.481 e. The lowest BCUT2D eigenvalue weighted by molar-refractivity contribution is -0.158. The number of hydrogen-bond acceptors (Lipinski definition) is 9. The lowest BCUT2D eigenvalue weighted by atomic mass is 9.90. The predicted molar refractivity (Wildman–Crippen MR) is 154 cm³/mol. The highest BCUT2D eigenvalue weighted by Crippen LogP contribution is 2.21. The second kappa shape index (κ2) is 19.5. The Kier molecular flexibility index (Phi) is 17.3. The van der Waals surface area contributed by atoms with Crippen molar-refractivity contribution in [3.8, 4) is 0 Å². The molecule has 0 aromatic heterocycles. The summed E-state index contributed by atoms with van der Waals surface area (Å²) in [5, 5.41) is 71.6. The molecule has 10 atom stereocenters. The second-order valence-corrected chi connectivity index (χ2v) is 10.8. The summed E-state index contributed by atoms with van der Waals surface area (Å²) in [6.07, 6.45) is 9.26. The van der Waals surface area contributed by atoms with E-state index in [1.54, 1.807) is 43.4 Å². The highest BCUT2D eigenvalue weighted by Gasteiger charge is 2.33. The zero-order valence-corrected chi connectivity index (χ0v) is 24.1. The third kappa shape index (κ3) is 14.7. The zero-order chi connectivity index (χ0) is 30.9. The first kappa shape index (κ1) is 36.4. The third-order valence-electron chi connectivity index (χ3n) is 7.21. The molecule has 7 N–H and O–H groups in total. The van der Waals surface area contributed by atoms with Crippen molar-refractivity contribution in [2.24, 2.45) is 17.8 Å². The van der Waals surface area contributed by atoms with Crippen LogP contribution in [0.2, 0.25) is 0 Å². The van der Waals surface area contributed by atoms with Crippen LogP contribution < -0.4 is 0 Å². The molecule has 0 radical (unpaired) electrons. The van der Waals surface area contributed by atoms with Gasteiger partial charge in [0, 0.05) is 18.8 Å². The van der Waals surface area contributed by atoms with E-state index in [-0.39, 0.29) is 38.0 Å². The summed E-state index contributed by atoms with van der Waals surface area (Å²) in [5.74, 6) is -4.51. The Morgan fingerprint density at radius 2 is 1.20 bits per heavy atom. The van der Waals surface area contributed by atoms with Gasteiger partial charge in [-0.1, -0.05) is 67.7 Å².